The maximum atomic E-state index is 4.79. The molecule has 1 unspecified atom stereocenters. The first-order valence-electron chi connectivity index (χ1n) is 6.70. The minimum atomic E-state index is 0. The van der Waals surface area contributed by atoms with E-state index < -0.39 is 0 Å². The minimum Gasteiger partial charge on any atom is -0.312 e. The molecule has 0 amide bonds. The summed E-state index contributed by atoms with van der Waals surface area (Å²) in [5, 5.41) is 3.26. The Morgan fingerprint density at radius 1 is 1.00 bits per heavy atom. The van der Waals surface area contributed by atoms with Gasteiger partial charge in [-0.2, -0.15) is 0 Å². The molecule has 2 aliphatic heterocycles. The average Bonchev–Trinajstić information content (AvgIpc) is 2.87. The summed E-state index contributed by atoms with van der Waals surface area (Å²) < 4.78 is 0. The van der Waals surface area contributed by atoms with E-state index in [1.807, 2.05) is 0 Å². The SMILES string of the molecule is Br.CC1=CSC2=Nc3ccccc3C(c3ccccc3)N12. The van der Waals surface area contributed by atoms with Crippen LogP contribution < -0.4 is 0 Å². The summed E-state index contributed by atoms with van der Waals surface area (Å²) >= 11 is 1.71. The largest absolute Gasteiger partial charge is 0.312 e. The monoisotopic (exact) mass is 358 g/mol. The van der Waals surface area contributed by atoms with Crippen LogP contribution in [0.5, 0.6) is 0 Å². The zero-order valence-corrected chi connectivity index (χ0v) is 14.1. The molecule has 0 aromatic heterocycles. The van der Waals surface area contributed by atoms with E-state index in [1.54, 1.807) is 11.8 Å². The molecule has 2 aromatic carbocycles. The van der Waals surface area contributed by atoms with E-state index in [0.29, 0.717) is 0 Å². The van der Waals surface area contributed by atoms with Gasteiger partial charge in [0.25, 0.3) is 0 Å². The first-order valence-corrected chi connectivity index (χ1v) is 7.58. The normalized spacial score (nSPS) is 19.1. The maximum absolute atomic E-state index is 4.79. The van der Waals surface area contributed by atoms with Crippen LogP contribution in [0.3, 0.4) is 0 Å². The molecule has 2 nitrogen and oxygen atoms in total. The van der Waals surface area contributed by atoms with Crippen molar-refractivity contribution in [2.24, 2.45) is 4.99 Å². The van der Waals surface area contributed by atoms with E-state index in [-0.39, 0.29) is 23.0 Å². The molecule has 106 valence electrons. The highest BCUT2D eigenvalue weighted by atomic mass is 79.9. The topological polar surface area (TPSA) is 15.6 Å². The third kappa shape index (κ3) is 2.32. The number of fused-ring (bicyclic) bond motifs is 2. The Morgan fingerprint density at radius 2 is 1.71 bits per heavy atom. The molecule has 0 radical (unpaired) electrons. The highest BCUT2D eigenvalue weighted by molar-refractivity contribution is 8.93. The molecule has 0 aliphatic carbocycles. The summed E-state index contributed by atoms with van der Waals surface area (Å²) in [5.74, 6) is 0. The second-order valence-electron chi connectivity index (χ2n) is 5.01. The maximum Gasteiger partial charge on any atom is 0.173 e. The van der Waals surface area contributed by atoms with Gasteiger partial charge in [-0.05, 0) is 24.0 Å². The first-order chi connectivity index (χ1) is 9.84. The number of para-hydroxylation sites is 1. The molecule has 2 heterocycles. The molecule has 0 saturated heterocycles. The zero-order chi connectivity index (χ0) is 13.5. The Kier molecular flexibility index (Phi) is 3.91. The van der Waals surface area contributed by atoms with E-state index in [4.69, 9.17) is 4.99 Å². The fraction of sp³-hybridized carbons (Fsp3) is 0.118. The quantitative estimate of drug-likeness (QED) is 0.690. The average molecular weight is 359 g/mol. The van der Waals surface area contributed by atoms with E-state index >= 15 is 0 Å². The number of allylic oxidation sites excluding steroid dienone is 1. The molecule has 1 atom stereocenters. The number of nitrogens with zero attached hydrogens (tertiary/aromatic N) is 2. The van der Waals surface area contributed by atoms with Crippen LogP contribution in [0.25, 0.3) is 0 Å². The molecular formula is C17H15BrN2S. The van der Waals surface area contributed by atoms with Crippen molar-refractivity contribution in [3.05, 3.63) is 76.8 Å². The Balaban J connectivity index is 0.00000132. The number of aliphatic imine (C=N–C) groups is 1. The molecule has 2 aliphatic rings. The summed E-state index contributed by atoms with van der Waals surface area (Å²) in [4.78, 5) is 7.12. The van der Waals surface area contributed by atoms with E-state index in [0.717, 1.165) is 10.9 Å². The van der Waals surface area contributed by atoms with Gasteiger partial charge in [-0.15, -0.1) is 17.0 Å². The summed E-state index contributed by atoms with van der Waals surface area (Å²) in [5.41, 5.74) is 4.93. The molecule has 0 saturated carbocycles. The molecule has 0 N–H and O–H groups in total. The van der Waals surface area contributed by atoms with Crippen molar-refractivity contribution in [3.63, 3.8) is 0 Å². The Labute approximate surface area is 139 Å². The summed E-state index contributed by atoms with van der Waals surface area (Å²) in [6.07, 6.45) is 0. The van der Waals surface area contributed by atoms with Gasteiger partial charge in [-0.1, -0.05) is 60.3 Å². The number of hydrogen-bond donors (Lipinski definition) is 0. The van der Waals surface area contributed by atoms with Crippen molar-refractivity contribution in [2.75, 3.05) is 0 Å². The van der Waals surface area contributed by atoms with Crippen LogP contribution in [-0.2, 0) is 0 Å². The van der Waals surface area contributed by atoms with Crippen LogP contribution in [-0.4, -0.2) is 10.1 Å². The van der Waals surface area contributed by atoms with Crippen molar-refractivity contribution < 1.29 is 0 Å². The number of rotatable bonds is 1. The lowest BCUT2D eigenvalue weighted by Crippen LogP contribution is -2.31. The Hall–Kier alpha value is -1.52. The lowest BCUT2D eigenvalue weighted by atomic mass is 9.94. The van der Waals surface area contributed by atoms with E-state index in [1.165, 1.54) is 16.8 Å². The Morgan fingerprint density at radius 3 is 2.52 bits per heavy atom. The third-order valence-corrected chi connectivity index (χ3v) is 4.70. The van der Waals surface area contributed by atoms with Gasteiger partial charge in [0, 0.05) is 11.3 Å². The lowest BCUT2D eigenvalue weighted by Gasteiger charge is -2.35. The first kappa shape index (κ1) is 14.4. The number of benzene rings is 2. The predicted molar refractivity (Wildman–Crippen MR) is 95.3 cm³/mol. The van der Waals surface area contributed by atoms with Gasteiger partial charge in [0.15, 0.2) is 5.17 Å². The lowest BCUT2D eigenvalue weighted by molar-refractivity contribution is 0.442. The van der Waals surface area contributed by atoms with Gasteiger partial charge in [-0.3, -0.25) is 0 Å². The van der Waals surface area contributed by atoms with Gasteiger partial charge in [0.2, 0.25) is 0 Å². The van der Waals surface area contributed by atoms with Crippen molar-refractivity contribution in [1.29, 1.82) is 0 Å². The van der Waals surface area contributed by atoms with E-state index in [2.05, 4.69) is 71.8 Å². The van der Waals surface area contributed by atoms with Crippen LogP contribution in [0.4, 0.5) is 5.69 Å². The van der Waals surface area contributed by atoms with Gasteiger partial charge in [0.1, 0.15) is 0 Å². The number of hydrogen-bond acceptors (Lipinski definition) is 3. The molecule has 2 aromatic rings. The zero-order valence-electron chi connectivity index (χ0n) is 11.6. The van der Waals surface area contributed by atoms with Gasteiger partial charge >= 0.3 is 0 Å². The van der Waals surface area contributed by atoms with Crippen LogP contribution in [0.2, 0.25) is 0 Å². The van der Waals surface area contributed by atoms with Crippen LogP contribution in [0.15, 0.2) is 70.7 Å². The van der Waals surface area contributed by atoms with Crippen molar-refractivity contribution in [2.45, 2.75) is 13.0 Å². The Bertz CT molecular complexity index is 725. The molecule has 0 fully saturated rings. The summed E-state index contributed by atoms with van der Waals surface area (Å²) in [6.45, 7) is 2.15. The number of thioether (sulfide) groups is 1. The molecular weight excluding hydrogens is 344 g/mol. The summed E-state index contributed by atoms with van der Waals surface area (Å²) in [7, 11) is 0. The van der Waals surface area contributed by atoms with Crippen molar-refractivity contribution >= 4 is 39.6 Å². The van der Waals surface area contributed by atoms with Gasteiger partial charge in [-0.25, -0.2) is 4.99 Å². The smallest absolute Gasteiger partial charge is 0.173 e. The van der Waals surface area contributed by atoms with Gasteiger partial charge < -0.3 is 4.90 Å². The van der Waals surface area contributed by atoms with Crippen molar-refractivity contribution in [1.82, 2.24) is 4.90 Å². The molecule has 4 rings (SSSR count). The van der Waals surface area contributed by atoms with Gasteiger partial charge in [0.05, 0.1) is 11.7 Å². The minimum absolute atomic E-state index is 0. The number of halogens is 1. The van der Waals surface area contributed by atoms with E-state index in [9.17, 15) is 0 Å². The molecule has 4 heteroatoms. The fourth-order valence-corrected chi connectivity index (χ4v) is 3.73. The predicted octanol–water partition coefficient (Wildman–Crippen LogP) is 5.27. The second-order valence-corrected chi connectivity index (χ2v) is 5.85. The third-order valence-electron chi connectivity index (χ3n) is 3.74. The molecule has 0 bridgehead atoms. The molecule has 21 heavy (non-hydrogen) atoms. The van der Waals surface area contributed by atoms with Crippen molar-refractivity contribution in [3.8, 4) is 0 Å². The highest BCUT2D eigenvalue weighted by Gasteiger charge is 2.34. The highest BCUT2D eigenvalue weighted by Crippen LogP contribution is 2.45. The molecule has 0 spiro atoms. The second kappa shape index (κ2) is 5.70. The van der Waals surface area contributed by atoms with Crippen LogP contribution >= 0.6 is 28.7 Å². The van der Waals surface area contributed by atoms with Crippen LogP contribution in [0, 0.1) is 0 Å². The fourth-order valence-electron chi connectivity index (χ4n) is 2.82. The standard InChI is InChI=1S/C17H14N2S.BrH/c1-12-11-20-17-18-15-10-6-5-9-14(15)16(19(12)17)13-7-3-2-4-8-13;/h2-11,16H,1H3;1H. The summed E-state index contributed by atoms with van der Waals surface area (Å²) in [6, 6.07) is 19.3. The van der Waals surface area contributed by atoms with Crippen LogP contribution in [0.1, 0.15) is 24.1 Å². The number of amidine groups is 1.